The Morgan fingerprint density at radius 1 is 1.08 bits per heavy atom. The number of carbonyl (C=O) groups excluding carboxylic acids is 1. The Kier molecular flexibility index (Phi) is 5.95. The number of aliphatic carboxylic acids is 1. The first-order chi connectivity index (χ1) is 12.3. The lowest BCUT2D eigenvalue weighted by atomic mass is 10.1. The van der Waals surface area contributed by atoms with Crippen LogP contribution in [0.3, 0.4) is 0 Å². The topological polar surface area (TPSA) is 128 Å². The highest BCUT2D eigenvalue weighted by Gasteiger charge is 2.10. The van der Waals surface area contributed by atoms with Crippen LogP contribution < -0.4 is 16.4 Å². The van der Waals surface area contributed by atoms with E-state index in [2.05, 4.69) is 10.6 Å². The average molecular weight is 354 g/mol. The maximum absolute atomic E-state index is 12.4. The molecule has 0 saturated heterocycles. The maximum atomic E-state index is 12.4. The standard InChI is InChI=1S/C19H22N4O3/c1-11-3-4-14(7-12(11)2)19(26)23-9-15-6-5-13(18(20)21)8-16(15)22-10-17(24)25/h3-8,22H,9-10H2,1-2H3,(H3,20,21)(H,23,26)(H,24,25). The summed E-state index contributed by atoms with van der Waals surface area (Å²) in [6.07, 6.45) is 0. The Morgan fingerprint density at radius 2 is 1.77 bits per heavy atom. The second-order valence-corrected chi connectivity index (χ2v) is 6.01. The van der Waals surface area contributed by atoms with Crippen LogP contribution in [-0.2, 0) is 11.3 Å². The molecule has 26 heavy (non-hydrogen) atoms. The van der Waals surface area contributed by atoms with Crippen molar-refractivity contribution in [2.24, 2.45) is 5.73 Å². The molecule has 7 heteroatoms. The van der Waals surface area contributed by atoms with E-state index in [1.807, 2.05) is 26.0 Å². The van der Waals surface area contributed by atoms with Gasteiger partial charge in [0.1, 0.15) is 12.4 Å². The van der Waals surface area contributed by atoms with E-state index >= 15 is 0 Å². The van der Waals surface area contributed by atoms with E-state index in [9.17, 15) is 9.59 Å². The number of rotatable bonds is 7. The fraction of sp³-hybridized carbons (Fsp3) is 0.211. The number of carboxylic acid groups (broad SMARTS) is 1. The molecular weight excluding hydrogens is 332 g/mol. The quantitative estimate of drug-likeness (QED) is 0.384. The van der Waals surface area contributed by atoms with Gasteiger partial charge in [0.2, 0.25) is 0 Å². The summed E-state index contributed by atoms with van der Waals surface area (Å²) in [5.41, 5.74) is 9.88. The molecule has 0 aliphatic carbocycles. The lowest BCUT2D eigenvalue weighted by Gasteiger charge is -2.14. The molecule has 2 aromatic rings. The molecule has 2 aromatic carbocycles. The number of nitrogens with one attached hydrogen (secondary N) is 3. The molecular formula is C19H22N4O3. The van der Waals surface area contributed by atoms with Gasteiger partial charge in [0, 0.05) is 23.4 Å². The summed E-state index contributed by atoms with van der Waals surface area (Å²) in [6.45, 7) is 3.86. The first-order valence-corrected chi connectivity index (χ1v) is 8.06. The molecule has 136 valence electrons. The van der Waals surface area contributed by atoms with Crippen LogP contribution in [-0.4, -0.2) is 29.4 Å². The molecule has 0 fully saturated rings. The number of aryl methyl sites for hydroxylation is 2. The van der Waals surface area contributed by atoms with Crippen molar-refractivity contribution in [3.05, 3.63) is 64.2 Å². The van der Waals surface area contributed by atoms with E-state index in [0.717, 1.165) is 11.1 Å². The number of nitrogens with two attached hydrogens (primary N) is 1. The molecule has 0 bridgehead atoms. The summed E-state index contributed by atoms with van der Waals surface area (Å²) in [5.74, 6) is -1.34. The number of carbonyl (C=O) groups is 2. The smallest absolute Gasteiger partial charge is 0.322 e. The van der Waals surface area contributed by atoms with Gasteiger partial charge >= 0.3 is 5.97 Å². The Balaban J connectivity index is 2.16. The van der Waals surface area contributed by atoms with Gasteiger partial charge in [-0.1, -0.05) is 18.2 Å². The largest absolute Gasteiger partial charge is 0.480 e. The van der Waals surface area contributed by atoms with Crippen molar-refractivity contribution in [2.45, 2.75) is 20.4 Å². The molecule has 0 spiro atoms. The van der Waals surface area contributed by atoms with Gasteiger partial charge < -0.3 is 21.5 Å². The Bertz CT molecular complexity index is 862. The van der Waals surface area contributed by atoms with Crippen LogP contribution in [0, 0.1) is 19.3 Å². The summed E-state index contributed by atoms with van der Waals surface area (Å²) < 4.78 is 0. The fourth-order valence-corrected chi connectivity index (χ4v) is 2.39. The number of benzene rings is 2. The third-order valence-corrected chi connectivity index (χ3v) is 4.06. The molecule has 0 aliphatic rings. The van der Waals surface area contributed by atoms with Crippen molar-refractivity contribution in [2.75, 3.05) is 11.9 Å². The van der Waals surface area contributed by atoms with Crippen LogP contribution in [0.5, 0.6) is 0 Å². The molecule has 7 nitrogen and oxygen atoms in total. The Hall–Kier alpha value is -3.35. The summed E-state index contributed by atoms with van der Waals surface area (Å²) in [4.78, 5) is 23.2. The summed E-state index contributed by atoms with van der Waals surface area (Å²) in [7, 11) is 0. The lowest BCUT2D eigenvalue weighted by molar-refractivity contribution is -0.134. The van der Waals surface area contributed by atoms with E-state index in [1.165, 1.54) is 0 Å². The zero-order valence-electron chi connectivity index (χ0n) is 14.7. The van der Waals surface area contributed by atoms with Gasteiger partial charge in [0.15, 0.2) is 0 Å². The molecule has 0 radical (unpaired) electrons. The molecule has 0 atom stereocenters. The van der Waals surface area contributed by atoms with Crippen LogP contribution in [0.2, 0.25) is 0 Å². The number of carboxylic acids is 1. The number of amides is 1. The molecule has 2 rings (SSSR count). The van der Waals surface area contributed by atoms with Crippen LogP contribution in [0.15, 0.2) is 36.4 Å². The summed E-state index contributed by atoms with van der Waals surface area (Å²) in [5, 5.41) is 22.0. The number of nitrogen functional groups attached to an aromatic ring is 1. The number of hydrogen-bond acceptors (Lipinski definition) is 4. The van der Waals surface area contributed by atoms with E-state index in [4.69, 9.17) is 16.2 Å². The predicted octanol–water partition coefficient (Wildman–Crippen LogP) is 2.01. The van der Waals surface area contributed by atoms with Crippen LogP contribution in [0.1, 0.15) is 32.6 Å². The predicted molar refractivity (Wildman–Crippen MR) is 101 cm³/mol. The summed E-state index contributed by atoms with van der Waals surface area (Å²) in [6, 6.07) is 10.5. The van der Waals surface area contributed by atoms with Gasteiger partial charge in [0.25, 0.3) is 5.91 Å². The Morgan fingerprint density at radius 3 is 2.38 bits per heavy atom. The van der Waals surface area contributed by atoms with E-state index in [-0.39, 0.29) is 24.8 Å². The number of amidine groups is 1. The second-order valence-electron chi connectivity index (χ2n) is 6.01. The SMILES string of the molecule is Cc1ccc(C(=O)NCc2ccc(C(=N)N)cc2NCC(=O)O)cc1C. The number of hydrogen-bond donors (Lipinski definition) is 5. The van der Waals surface area contributed by atoms with E-state index in [1.54, 1.807) is 24.3 Å². The van der Waals surface area contributed by atoms with Gasteiger partial charge in [-0.15, -0.1) is 0 Å². The van der Waals surface area contributed by atoms with Gasteiger partial charge in [0.05, 0.1) is 0 Å². The van der Waals surface area contributed by atoms with Crippen LogP contribution >= 0.6 is 0 Å². The van der Waals surface area contributed by atoms with Gasteiger partial charge in [-0.05, 0) is 48.7 Å². The molecule has 1 amide bonds. The first kappa shape index (κ1) is 19.0. The van der Waals surface area contributed by atoms with E-state index in [0.29, 0.717) is 22.4 Å². The van der Waals surface area contributed by atoms with E-state index < -0.39 is 5.97 Å². The molecule has 0 saturated carbocycles. The maximum Gasteiger partial charge on any atom is 0.322 e. The molecule has 0 aliphatic heterocycles. The average Bonchev–Trinajstić information content (AvgIpc) is 2.60. The van der Waals surface area contributed by atoms with Gasteiger partial charge in [-0.3, -0.25) is 15.0 Å². The lowest BCUT2D eigenvalue weighted by Crippen LogP contribution is -2.24. The van der Waals surface area contributed by atoms with Gasteiger partial charge in [-0.25, -0.2) is 0 Å². The van der Waals surface area contributed by atoms with Crippen molar-refractivity contribution in [3.8, 4) is 0 Å². The van der Waals surface area contributed by atoms with Crippen LogP contribution in [0.4, 0.5) is 5.69 Å². The zero-order chi connectivity index (χ0) is 19.3. The normalized spacial score (nSPS) is 10.2. The highest BCUT2D eigenvalue weighted by molar-refractivity contribution is 5.96. The van der Waals surface area contributed by atoms with Gasteiger partial charge in [-0.2, -0.15) is 0 Å². The zero-order valence-corrected chi connectivity index (χ0v) is 14.7. The van der Waals surface area contributed by atoms with Crippen molar-refractivity contribution in [1.29, 1.82) is 5.41 Å². The molecule has 6 N–H and O–H groups in total. The minimum Gasteiger partial charge on any atom is -0.480 e. The first-order valence-electron chi connectivity index (χ1n) is 8.06. The van der Waals surface area contributed by atoms with Crippen molar-refractivity contribution >= 4 is 23.4 Å². The second kappa shape index (κ2) is 8.15. The molecule has 0 aromatic heterocycles. The minimum absolute atomic E-state index is 0.117. The minimum atomic E-state index is -1.01. The Labute approximate surface area is 151 Å². The third kappa shape index (κ3) is 4.83. The summed E-state index contributed by atoms with van der Waals surface area (Å²) >= 11 is 0. The van der Waals surface area contributed by atoms with Crippen molar-refractivity contribution in [1.82, 2.24) is 5.32 Å². The fourth-order valence-electron chi connectivity index (χ4n) is 2.39. The number of anilines is 1. The van der Waals surface area contributed by atoms with Crippen molar-refractivity contribution in [3.63, 3.8) is 0 Å². The third-order valence-electron chi connectivity index (χ3n) is 4.06. The monoisotopic (exact) mass is 354 g/mol. The highest BCUT2D eigenvalue weighted by Crippen LogP contribution is 2.18. The molecule has 0 unspecified atom stereocenters. The molecule has 0 heterocycles. The van der Waals surface area contributed by atoms with Crippen molar-refractivity contribution < 1.29 is 14.7 Å². The van der Waals surface area contributed by atoms with Crippen LogP contribution in [0.25, 0.3) is 0 Å². The highest BCUT2D eigenvalue weighted by atomic mass is 16.4.